The van der Waals surface area contributed by atoms with Gasteiger partial charge in [0.05, 0.1) is 5.56 Å². The van der Waals surface area contributed by atoms with Gasteiger partial charge in [-0.05, 0) is 49.5 Å². The van der Waals surface area contributed by atoms with Crippen LogP contribution in [0.25, 0.3) is 0 Å². The fourth-order valence-electron chi connectivity index (χ4n) is 2.50. The summed E-state index contributed by atoms with van der Waals surface area (Å²) in [4.78, 5) is 12.4. The highest BCUT2D eigenvalue weighted by atomic mass is 19.4. The van der Waals surface area contributed by atoms with Gasteiger partial charge >= 0.3 is 6.18 Å². The van der Waals surface area contributed by atoms with Crippen LogP contribution in [0.15, 0.2) is 29.8 Å². The molecule has 0 spiro atoms. The molecule has 0 aromatic heterocycles. The van der Waals surface area contributed by atoms with Gasteiger partial charge in [-0.1, -0.05) is 18.9 Å². The van der Waals surface area contributed by atoms with Crippen molar-refractivity contribution in [1.82, 2.24) is 0 Å². The van der Waals surface area contributed by atoms with Gasteiger partial charge in [-0.2, -0.15) is 13.2 Å². The number of Topliss-reactive ketones (excluding diaryl/α,β-unsaturated/α-hetero) is 1. The van der Waals surface area contributed by atoms with E-state index < -0.39 is 11.7 Å². The molecule has 1 aliphatic rings. The van der Waals surface area contributed by atoms with E-state index in [0.29, 0.717) is 12.0 Å². The predicted octanol–water partition coefficient (Wildman–Crippen LogP) is 4.75. The van der Waals surface area contributed by atoms with Gasteiger partial charge in [0.2, 0.25) is 0 Å². The molecular weight excluding hydrogens is 279 g/mol. The number of alkyl halides is 3. The number of hydrogen-bond donors (Lipinski definition) is 1. The lowest BCUT2D eigenvalue weighted by atomic mass is 9.92. The molecular formula is C16H18F3NO. The zero-order valence-electron chi connectivity index (χ0n) is 11.7. The number of nitrogens with two attached hydrogens (primary N) is 1. The first-order chi connectivity index (χ1) is 9.89. The summed E-state index contributed by atoms with van der Waals surface area (Å²) < 4.78 is 38.3. The van der Waals surface area contributed by atoms with Crippen molar-refractivity contribution in [2.75, 3.05) is 5.73 Å². The molecule has 2 N–H and O–H groups in total. The van der Waals surface area contributed by atoms with E-state index in [9.17, 15) is 18.0 Å². The van der Waals surface area contributed by atoms with Crippen LogP contribution in [0, 0.1) is 0 Å². The van der Waals surface area contributed by atoms with E-state index in [1.54, 1.807) is 0 Å². The first-order valence-corrected chi connectivity index (χ1v) is 7.10. The lowest BCUT2D eigenvalue weighted by molar-refractivity contribution is -0.137. The molecule has 0 saturated carbocycles. The zero-order valence-corrected chi connectivity index (χ0v) is 11.7. The summed E-state index contributed by atoms with van der Waals surface area (Å²) in [5.74, 6) is -0.375. The summed E-state index contributed by atoms with van der Waals surface area (Å²) in [6.45, 7) is 0. The van der Waals surface area contributed by atoms with E-state index in [2.05, 4.69) is 0 Å². The Morgan fingerprint density at radius 2 is 1.81 bits per heavy atom. The van der Waals surface area contributed by atoms with E-state index in [4.69, 9.17) is 5.73 Å². The van der Waals surface area contributed by atoms with Crippen molar-refractivity contribution in [2.45, 2.75) is 44.7 Å². The summed E-state index contributed by atoms with van der Waals surface area (Å²) in [6.07, 6.45) is 2.84. The van der Waals surface area contributed by atoms with Gasteiger partial charge in [0.15, 0.2) is 5.78 Å². The van der Waals surface area contributed by atoms with Gasteiger partial charge in [0.25, 0.3) is 0 Å². The van der Waals surface area contributed by atoms with Crippen molar-refractivity contribution in [3.8, 4) is 0 Å². The molecule has 0 amide bonds. The van der Waals surface area contributed by atoms with E-state index >= 15 is 0 Å². The lowest BCUT2D eigenvalue weighted by Gasteiger charge is -2.14. The first kappa shape index (κ1) is 15.6. The third-order valence-electron chi connectivity index (χ3n) is 3.71. The summed E-state index contributed by atoms with van der Waals surface area (Å²) in [5, 5.41) is 0. The minimum absolute atomic E-state index is 0.0448. The highest BCUT2D eigenvalue weighted by Crippen LogP contribution is 2.32. The molecule has 21 heavy (non-hydrogen) atoms. The maximum atomic E-state index is 12.8. The van der Waals surface area contributed by atoms with Crippen LogP contribution in [-0.4, -0.2) is 5.78 Å². The highest BCUT2D eigenvalue weighted by Gasteiger charge is 2.31. The Labute approximate surface area is 121 Å². The maximum absolute atomic E-state index is 12.8. The summed E-state index contributed by atoms with van der Waals surface area (Å²) in [5.41, 5.74) is 5.49. The van der Waals surface area contributed by atoms with Crippen LogP contribution in [0.1, 0.15) is 54.4 Å². The third kappa shape index (κ3) is 3.86. The Morgan fingerprint density at radius 1 is 1.10 bits per heavy atom. The number of benzene rings is 1. The standard InChI is InChI=1S/C16H18F3NO/c17-16(18,19)12-8-9-14(20)13(10-12)15(21)11-6-4-2-1-3-5-7-11/h6,8-10H,1-5,7,20H2/b11-6+. The zero-order chi connectivity index (χ0) is 15.5. The number of carbonyl (C=O) groups is 1. The Morgan fingerprint density at radius 3 is 2.52 bits per heavy atom. The number of allylic oxidation sites excluding steroid dienone is 2. The largest absolute Gasteiger partial charge is 0.416 e. The van der Waals surface area contributed by atoms with Crippen LogP contribution < -0.4 is 5.73 Å². The second-order valence-corrected chi connectivity index (χ2v) is 5.31. The van der Waals surface area contributed by atoms with Crippen molar-refractivity contribution in [3.63, 3.8) is 0 Å². The summed E-state index contributed by atoms with van der Waals surface area (Å²) in [6, 6.07) is 2.91. The monoisotopic (exact) mass is 297 g/mol. The number of halogens is 3. The van der Waals surface area contributed by atoms with Crippen molar-refractivity contribution in [1.29, 1.82) is 0 Å². The molecule has 1 aliphatic carbocycles. The minimum atomic E-state index is -4.47. The molecule has 0 atom stereocenters. The molecule has 0 fully saturated rings. The molecule has 1 aromatic rings. The van der Waals surface area contributed by atoms with E-state index in [-0.39, 0.29) is 17.0 Å². The van der Waals surface area contributed by atoms with Crippen molar-refractivity contribution in [3.05, 3.63) is 41.0 Å². The molecule has 1 aromatic carbocycles. The quantitative estimate of drug-likeness (QED) is 0.632. The SMILES string of the molecule is Nc1ccc(C(F)(F)F)cc1C(=O)/C1=C/CCCCCC1. The Hall–Kier alpha value is -1.78. The number of nitrogen functional groups attached to an aromatic ring is 1. The van der Waals surface area contributed by atoms with Crippen molar-refractivity contribution >= 4 is 11.5 Å². The average molecular weight is 297 g/mol. The summed E-state index contributed by atoms with van der Waals surface area (Å²) >= 11 is 0. The van der Waals surface area contributed by atoms with Crippen LogP contribution in [0.3, 0.4) is 0 Å². The van der Waals surface area contributed by atoms with Crippen LogP contribution in [0.4, 0.5) is 18.9 Å². The number of anilines is 1. The molecule has 114 valence electrons. The molecule has 5 heteroatoms. The molecule has 0 saturated heterocycles. The molecule has 0 bridgehead atoms. The highest BCUT2D eigenvalue weighted by molar-refractivity contribution is 6.11. The molecule has 0 heterocycles. The van der Waals surface area contributed by atoms with Gasteiger partial charge in [-0.15, -0.1) is 0 Å². The Bertz CT molecular complexity index is 561. The van der Waals surface area contributed by atoms with Crippen molar-refractivity contribution < 1.29 is 18.0 Å². The molecule has 0 aliphatic heterocycles. The van der Waals surface area contributed by atoms with E-state index in [1.165, 1.54) is 0 Å². The minimum Gasteiger partial charge on any atom is -0.398 e. The fourth-order valence-corrected chi connectivity index (χ4v) is 2.50. The van der Waals surface area contributed by atoms with Gasteiger partial charge < -0.3 is 5.73 Å². The van der Waals surface area contributed by atoms with Gasteiger partial charge in [0.1, 0.15) is 0 Å². The van der Waals surface area contributed by atoms with Crippen LogP contribution in [0.5, 0.6) is 0 Å². The maximum Gasteiger partial charge on any atom is 0.416 e. The number of hydrogen-bond acceptors (Lipinski definition) is 2. The fraction of sp³-hybridized carbons (Fsp3) is 0.438. The second kappa shape index (κ2) is 6.33. The first-order valence-electron chi connectivity index (χ1n) is 7.10. The summed E-state index contributed by atoms with van der Waals surface area (Å²) in [7, 11) is 0. The van der Waals surface area contributed by atoms with Crippen LogP contribution in [-0.2, 0) is 6.18 Å². The Kier molecular flexibility index (Phi) is 4.70. The molecule has 0 radical (unpaired) electrons. The number of carbonyl (C=O) groups excluding carboxylic acids is 1. The third-order valence-corrected chi connectivity index (χ3v) is 3.71. The molecule has 2 rings (SSSR count). The van der Waals surface area contributed by atoms with Gasteiger partial charge in [-0.3, -0.25) is 4.79 Å². The average Bonchev–Trinajstić information content (AvgIpc) is 2.36. The van der Waals surface area contributed by atoms with Crippen LogP contribution >= 0.6 is 0 Å². The molecule has 2 nitrogen and oxygen atoms in total. The normalized spacial score (nSPS) is 19.3. The lowest BCUT2D eigenvalue weighted by Crippen LogP contribution is -2.12. The van der Waals surface area contributed by atoms with Crippen LogP contribution in [0.2, 0.25) is 0 Å². The van der Waals surface area contributed by atoms with E-state index in [1.807, 2.05) is 6.08 Å². The smallest absolute Gasteiger partial charge is 0.398 e. The topological polar surface area (TPSA) is 43.1 Å². The number of rotatable bonds is 2. The van der Waals surface area contributed by atoms with Gasteiger partial charge in [-0.25, -0.2) is 0 Å². The molecule has 0 unspecified atom stereocenters. The second-order valence-electron chi connectivity index (χ2n) is 5.31. The Balaban J connectivity index is 2.33. The van der Waals surface area contributed by atoms with Crippen molar-refractivity contribution in [2.24, 2.45) is 0 Å². The van der Waals surface area contributed by atoms with E-state index in [0.717, 1.165) is 50.3 Å². The predicted molar refractivity (Wildman–Crippen MR) is 76.0 cm³/mol. The van der Waals surface area contributed by atoms with Gasteiger partial charge in [0, 0.05) is 11.3 Å². The number of ketones is 1.